The molecule has 0 saturated carbocycles. The highest BCUT2D eigenvalue weighted by Gasteiger charge is 2.06. The minimum absolute atomic E-state index is 0.275. The first-order valence-electron chi connectivity index (χ1n) is 8.23. The molecule has 2 N–H and O–H groups in total. The van der Waals surface area contributed by atoms with Crippen molar-refractivity contribution in [3.05, 3.63) is 65.9 Å². The lowest BCUT2D eigenvalue weighted by atomic mass is 10.1. The molecule has 128 valence electrons. The highest BCUT2D eigenvalue weighted by Crippen LogP contribution is 2.21. The van der Waals surface area contributed by atoms with Crippen molar-refractivity contribution in [2.45, 2.75) is 13.8 Å². The molecule has 0 unspecified atom stereocenters. The third-order valence-corrected chi connectivity index (χ3v) is 4.08. The van der Waals surface area contributed by atoms with Crippen LogP contribution in [0.4, 0.5) is 10.5 Å². The number of pyridine rings is 1. The quantitative estimate of drug-likeness (QED) is 0.691. The Morgan fingerprint density at radius 3 is 2.76 bits per heavy atom. The minimum Gasteiger partial charge on any atom is -0.491 e. The van der Waals surface area contributed by atoms with Crippen molar-refractivity contribution in [1.82, 2.24) is 10.3 Å². The summed E-state index contributed by atoms with van der Waals surface area (Å²) >= 11 is 0. The van der Waals surface area contributed by atoms with E-state index in [1.165, 1.54) is 5.56 Å². The first-order valence-corrected chi connectivity index (χ1v) is 8.23. The summed E-state index contributed by atoms with van der Waals surface area (Å²) in [6, 6.07) is 15.2. The van der Waals surface area contributed by atoms with Crippen molar-refractivity contribution < 1.29 is 9.53 Å². The maximum absolute atomic E-state index is 12.1. The summed E-state index contributed by atoms with van der Waals surface area (Å²) < 4.78 is 5.73. The molecule has 3 rings (SSSR count). The van der Waals surface area contributed by atoms with Crippen LogP contribution in [-0.2, 0) is 0 Å². The number of carbonyl (C=O) groups is 1. The Labute approximate surface area is 147 Å². The van der Waals surface area contributed by atoms with Gasteiger partial charge < -0.3 is 15.4 Å². The molecule has 0 atom stereocenters. The van der Waals surface area contributed by atoms with Crippen molar-refractivity contribution in [1.29, 1.82) is 0 Å². The minimum atomic E-state index is -0.275. The van der Waals surface area contributed by atoms with Crippen LogP contribution >= 0.6 is 0 Å². The largest absolute Gasteiger partial charge is 0.491 e. The molecule has 2 aromatic carbocycles. The molecule has 0 fully saturated rings. The van der Waals surface area contributed by atoms with Gasteiger partial charge in [0.15, 0.2) is 0 Å². The van der Waals surface area contributed by atoms with Gasteiger partial charge in [-0.25, -0.2) is 4.79 Å². The molecule has 1 aromatic heterocycles. The number of hydrogen-bond acceptors (Lipinski definition) is 3. The number of para-hydroxylation sites is 1. The van der Waals surface area contributed by atoms with E-state index in [0.717, 1.165) is 22.2 Å². The van der Waals surface area contributed by atoms with Crippen LogP contribution in [-0.4, -0.2) is 24.2 Å². The molecule has 0 aliphatic carbocycles. The number of benzene rings is 2. The van der Waals surface area contributed by atoms with Gasteiger partial charge in [0.2, 0.25) is 0 Å². The number of nitrogens with one attached hydrogen (secondary N) is 2. The molecule has 5 nitrogen and oxygen atoms in total. The number of aromatic nitrogens is 1. The van der Waals surface area contributed by atoms with Crippen LogP contribution in [0, 0.1) is 13.8 Å². The summed E-state index contributed by atoms with van der Waals surface area (Å²) in [5.41, 5.74) is 3.76. The van der Waals surface area contributed by atoms with Crippen LogP contribution in [0.1, 0.15) is 11.1 Å². The van der Waals surface area contributed by atoms with Gasteiger partial charge in [-0.3, -0.25) is 4.98 Å². The molecule has 0 spiro atoms. The van der Waals surface area contributed by atoms with E-state index >= 15 is 0 Å². The van der Waals surface area contributed by atoms with Crippen molar-refractivity contribution in [3.8, 4) is 5.75 Å². The van der Waals surface area contributed by atoms with Gasteiger partial charge in [0.25, 0.3) is 0 Å². The highest BCUT2D eigenvalue weighted by molar-refractivity contribution is 5.99. The molecule has 25 heavy (non-hydrogen) atoms. The first kappa shape index (κ1) is 16.8. The molecule has 0 saturated heterocycles. The maximum atomic E-state index is 12.1. The Balaban J connectivity index is 1.52. The monoisotopic (exact) mass is 335 g/mol. The average molecular weight is 335 g/mol. The van der Waals surface area contributed by atoms with Crippen molar-refractivity contribution in [2.24, 2.45) is 0 Å². The fourth-order valence-corrected chi connectivity index (χ4v) is 2.58. The number of fused-ring (bicyclic) bond motifs is 1. The number of anilines is 1. The lowest BCUT2D eigenvalue weighted by Crippen LogP contribution is -2.32. The fraction of sp³-hybridized carbons (Fsp3) is 0.200. The summed E-state index contributed by atoms with van der Waals surface area (Å²) in [5, 5.41) is 6.62. The Morgan fingerprint density at radius 2 is 1.88 bits per heavy atom. The molecular weight excluding hydrogens is 314 g/mol. The number of carbonyl (C=O) groups excluding carboxylic acids is 1. The Morgan fingerprint density at radius 1 is 1.08 bits per heavy atom. The van der Waals surface area contributed by atoms with E-state index in [2.05, 4.69) is 15.6 Å². The van der Waals surface area contributed by atoms with E-state index in [4.69, 9.17) is 4.74 Å². The predicted molar refractivity (Wildman–Crippen MR) is 100 cm³/mol. The van der Waals surface area contributed by atoms with E-state index in [0.29, 0.717) is 18.8 Å². The van der Waals surface area contributed by atoms with Crippen LogP contribution in [0.2, 0.25) is 0 Å². The zero-order valence-electron chi connectivity index (χ0n) is 14.4. The van der Waals surface area contributed by atoms with Crippen LogP contribution in [0.3, 0.4) is 0 Å². The summed E-state index contributed by atoms with van der Waals surface area (Å²) in [6.45, 7) is 4.90. The Bertz CT molecular complexity index is 888. The number of ether oxygens (including phenoxy) is 1. The smallest absolute Gasteiger partial charge is 0.319 e. The van der Waals surface area contributed by atoms with Gasteiger partial charge in [-0.15, -0.1) is 0 Å². The Hall–Kier alpha value is -3.08. The third kappa shape index (κ3) is 4.07. The van der Waals surface area contributed by atoms with E-state index < -0.39 is 0 Å². The molecule has 0 aliphatic heterocycles. The van der Waals surface area contributed by atoms with Crippen molar-refractivity contribution >= 4 is 22.6 Å². The zero-order chi connectivity index (χ0) is 17.6. The van der Waals surface area contributed by atoms with Crippen molar-refractivity contribution in [2.75, 3.05) is 18.5 Å². The van der Waals surface area contributed by atoms with Crippen LogP contribution in [0.15, 0.2) is 54.7 Å². The fourth-order valence-electron chi connectivity index (χ4n) is 2.58. The number of aryl methyl sites for hydroxylation is 1. The summed E-state index contributed by atoms with van der Waals surface area (Å²) in [6.07, 6.45) is 1.71. The molecular formula is C20H21N3O2. The van der Waals surface area contributed by atoms with Gasteiger partial charge in [0.1, 0.15) is 12.4 Å². The third-order valence-electron chi connectivity index (χ3n) is 4.08. The van der Waals surface area contributed by atoms with Gasteiger partial charge in [0, 0.05) is 11.6 Å². The second kappa shape index (κ2) is 7.66. The van der Waals surface area contributed by atoms with Crippen LogP contribution in [0.5, 0.6) is 5.75 Å². The maximum Gasteiger partial charge on any atom is 0.319 e. The lowest BCUT2D eigenvalue weighted by Gasteiger charge is -2.12. The van der Waals surface area contributed by atoms with E-state index in [1.54, 1.807) is 6.20 Å². The molecule has 2 amide bonds. The number of amides is 2. The van der Waals surface area contributed by atoms with Crippen LogP contribution in [0.25, 0.3) is 10.9 Å². The molecule has 3 aromatic rings. The topological polar surface area (TPSA) is 63.2 Å². The number of urea groups is 1. The van der Waals surface area contributed by atoms with Gasteiger partial charge >= 0.3 is 6.03 Å². The van der Waals surface area contributed by atoms with Gasteiger partial charge in [-0.2, -0.15) is 0 Å². The van der Waals surface area contributed by atoms with E-state index in [-0.39, 0.29) is 6.03 Å². The SMILES string of the molecule is Cc1cccc(OCCNC(=O)Nc2cccc3cccnc23)c1C. The zero-order valence-corrected chi connectivity index (χ0v) is 14.4. The van der Waals surface area contributed by atoms with E-state index in [1.807, 2.05) is 62.4 Å². The second-order valence-corrected chi connectivity index (χ2v) is 5.81. The van der Waals surface area contributed by atoms with Gasteiger partial charge in [0.05, 0.1) is 17.7 Å². The van der Waals surface area contributed by atoms with Crippen molar-refractivity contribution in [3.63, 3.8) is 0 Å². The lowest BCUT2D eigenvalue weighted by molar-refractivity contribution is 0.247. The normalized spacial score (nSPS) is 10.5. The molecule has 1 heterocycles. The molecule has 0 radical (unpaired) electrons. The first-order chi connectivity index (χ1) is 12.1. The summed E-state index contributed by atoms with van der Waals surface area (Å²) in [7, 11) is 0. The summed E-state index contributed by atoms with van der Waals surface area (Å²) in [5.74, 6) is 0.848. The highest BCUT2D eigenvalue weighted by atomic mass is 16.5. The second-order valence-electron chi connectivity index (χ2n) is 5.81. The standard InChI is InChI=1S/C20H21N3O2/c1-14-6-3-10-18(15(14)2)25-13-12-22-20(24)23-17-9-4-7-16-8-5-11-21-19(16)17/h3-11H,12-13H2,1-2H3,(H2,22,23,24). The average Bonchev–Trinajstić information content (AvgIpc) is 2.62. The molecule has 5 heteroatoms. The summed E-state index contributed by atoms with van der Waals surface area (Å²) in [4.78, 5) is 16.4. The molecule has 0 aliphatic rings. The number of rotatable bonds is 5. The van der Waals surface area contributed by atoms with E-state index in [9.17, 15) is 4.79 Å². The van der Waals surface area contributed by atoms with Gasteiger partial charge in [-0.05, 0) is 43.2 Å². The number of nitrogens with zero attached hydrogens (tertiary/aromatic N) is 1. The molecule has 0 bridgehead atoms. The predicted octanol–water partition coefficient (Wildman–Crippen LogP) is 4.05. The van der Waals surface area contributed by atoms with Crippen LogP contribution < -0.4 is 15.4 Å². The van der Waals surface area contributed by atoms with Gasteiger partial charge in [-0.1, -0.05) is 30.3 Å². The Kier molecular flexibility index (Phi) is 5.14. The number of hydrogen-bond donors (Lipinski definition) is 2.